The number of carbonyl (C=O) groups is 1. The fraction of sp³-hybridized carbons (Fsp3) is 0.421. The Balaban J connectivity index is 1.70. The highest BCUT2D eigenvalue weighted by Gasteiger charge is 2.26. The second-order valence-corrected chi connectivity index (χ2v) is 7.00. The number of nitrogens with one attached hydrogen (secondary N) is 1. The lowest BCUT2D eigenvalue weighted by Crippen LogP contribution is -2.36. The number of likely N-dealkylation sites (tertiary alicyclic amines) is 1. The van der Waals surface area contributed by atoms with Crippen LogP contribution in [0.25, 0.3) is 0 Å². The molecule has 1 atom stereocenters. The van der Waals surface area contributed by atoms with Crippen molar-refractivity contribution in [3.8, 4) is 5.75 Å². The number of rotatable bonds is 7. The van der Waals surface area contributed by atoms with E-state index in [1.165, 1.54) is 0 Å². The Morgan fingerprint density at radius 1 is 1.31 bits per heavy atom. The molecule has 2 aromatic rings. The molecule has 2 heterocycles. The number of halogens is 2. The summed E-state index contributed by atoms with van der Waals surface area (Å²) in [4.78, 5) is 14.9. The van der Waals surface area contributed by atoms with Crippen LogP contribution in [0.2, 0.25) is 10.0 Å². The van der Waals surface area contributed by atoms with Crippen molar-refractivity contribution in [1.29, 1.82) is 0 Å². The highest BCUT2D eigenvalue weighted by atomic mass is 35.5. The molecule has 1 aliphatic rings. The van der Waals surface area contributed by atoms with Crippen molar-refractivity contribution in [1.82, 2.24) is 10.2 Å². The number of benzene rings is 1. The van der Waals surface area contributed by atoms with Gasteiger partial charge in [0.05, 0.1) is 29.0 Å². The SMILES string of the molecule is CCOc1c(Cl)cc(C(=O)NCC(c2ccco2)N2CCCC2)cc1Cl. The van der Waals surface area contributed by atoms with E-state index in [1.54, 1.807) is 18.4 Å². The van der Waals surface area contributed by atoms with E-state index in [0.29, 0.717) is 34.5 Å². The van der Waals surface area contributed by atoms with E-state index in [0.717, 1.165) is 31.7 Å². The van der Waals surface area contributed by atoms with Crippen LogP contribution in [-0.2, 0) is 0 Å². The van der Waals surface area contributed by atoms with Crippen molar-refractivity contribution >= 4 is 29.1 Å². The Labute approximate surface area is 163 Å². The van der Waals surface area contributed by atoms with Gasteiger partial charge in [0.2, 0.25) is 0 Å². The minimum absolute atomic E-state index is 0.0186. The maximum Gasteiger partial charge on any atom is 0.251 e. The molecule has 1 unspecified atom stereocenters. The van der Waals surface area contributed by atoms with Crippen LogP contribution in [0.5, 0.6) is 5.75 Å². The average Bonchev–Trinajstić information content (AvgIpc) is 3.32. The van der Waals surface area contributed by atoms with E-state index in [1.807, 2.05) is 19.1 Å². The minimum atomic E-state index is -0.229. The standard InChI is InChI=1S/C19H22Cl2N2O3/c1-2-25-18-14(20)10-13(11-15(18)21)19(24)22-12-16(17-6-5-9-26-17)23-7-3-4-8-23/h5-6,9-11,16H,2-4,7-8,12H2,1H3,(H,22,24). The number of furan rings is 1. The van der Waals surface area contributed by atoms with Gasteiger partial charge in [-0.25, -0.2) is 0 Å². The lowest BCUT2D eigenvalue weighted by atomic mass is 10.1. The zero-order valence-electron chi connectivity index (χ0n) is 14.6. The number of carbonyl (C=O) groups excluding carboxylic acids is 1. The van der Waals surface area contributed by atoms with E-state index >= 15 is 0 Å². The second kappa shape index (κ2) is 8.80. The molecule has 5 nitrogen and oxygen atoms in total. The van der Waals surface area contributed by atoms with Gasteiger partial charge >= 0.3 is 0 Å². The quantitative estimate of drug-likeness (QED) is 0.745. The molecular formula is C19H22Cl2N2O3. The molecule has 1 aromatic carbocycles. The van der Waals surface area contributed by atoms with Gasteiger partial charge in [0.25, 0.3) is 5.91 Å². The van der Waals surface area contributed by atoms with Gasteiger partial charge in [-0.3, -0.25) is 9.69 Å². The lowest BCUT2D eigenvalue weighted by molar-refractivity contribution is 0.0933. The number of hydrogen-bond acceptors (Lipinski definition) is 4. The Bertz CT molecular complexity index is 720. The summed E-state index contributed by atoms with van der Waals surface area (Å²) in [7, 11) is 0. The Kier molecular flexibility index (Phi) is 6.46. The summed E-state index contributed by atoms with van der Waals surface area (Å²) in [6.07, 6.45) is 3.98. The van der Waals surface area contributed by atoms with E-state index < -0.39 is 0 Å². The summed E-state index contributed by atoms with van der Waals surface area (Å²) in [6.45, 7) is 4.75. The molecule has 1 amide bonds. The van der Waals surface area contributed by atoms with Crippen LogP contribution in [-0.4, -0.2) is 37.0 Å². The number of amides is 1. The normalized spacial score (nSPS) is 15.8. The predicted molar refractivity (Wildman–Crippen MR) is 102 cm³/mol. The summed E-state index contributed by atoms with van der Waals surface area (Å²) in [6, 6.07) is 6.98. The van der Waals surface area contributed by atoms with Gasteiger partial charge in [-0.2, -0.15) is 0 Å². The van der Waals surface area contributed by atoms with Crippen LogP contribution in [0.1, 0.15) is 41.9 Å². The minimum Gasteiger partial charge on any atom is -0.491 e. The third-order valence-electron chi connectivity index (χ3n) is 4.46. The second-order valence-electron chi connectivity index (χ2n) is 6.19. The molecule has 1 aliphatic heterocycles. The van der Waals surface area contributed by atoms with Gasteiger partial charge < -0.3 is 14.5 Å². The first-order chi connectivity index (χ1) is 12.6. The van der Waals surface area contributed by atoms with Crippen molar-refractivity contribution in [2.75, 3.05) is 26.2 Å². The van der Waals surface area contributed by atoms with Gasteiger partial charge in [0.1, 0.15) is 5.76 Å². The van der Waals surface area contributed by atoms with E-state index in [4.69, 9.17) is 32.4 Å². The summed E-state index contributed by atoms with van der Waals surface area (Å²) in [5.41, 5.74) is 0.406. The largest absolute Gasteiger partial charge is 0.491 e. The van der Waals surface area contributed by atoms with Crippen molar-refractivity contribution < 1.29 is 13.9 Å². The highest BCUT2D eigenvalue weighted by Crippen LogP contribution is 2.34. The molecule has 1 aromatic heterocycles. The van der Waals surface area contributed by atoms with E-state index in [2.05, 4.69) is 10.2 Å². The number of ether oxygens (including phenoxy) is 1. The molecule has 7 heteroatoms. The fourth-order valence-corrected chi connectivity index (χ4v) is 3.80. The van der Waals surface area contributed by atoms with Crippen molar-refractivity contribution in [3.63, 3.8) is 0 Å². The first-order valence-electron chi connectivity index (χ1n) is 8.77. The van der Waals surface area contributed by atoms with Crippen LogP contribution >= 0.6 is 23.2 Å². The molecule has 3 rings (SSSR count). The lowest BCUT2D eigenvalue weighted by Gasteiger charge is -2.26. The van der Waals surface area contributed by atoms with Gasteiger partial charge in [-0.05, 0) is 57.1 Å². The molecule has 0 bridgehead atoms. The maximum atomic E-state index is 12.6. The van der Waals surface area contributed by atoms with Crippen molar-refractivity contribution in [2.45, 2.75) is 25.8 Å². The smallest absolute Gasteiger partial charge is 0.251 e. The molecule has 26 heavy (non-hydrogen) atoms. The summed E-state index contributed by atoms with van der Waals surface area (Å²) < 4.78 is 11.0. The van der Waals surface area contributed by atoms with Crippen LogP contribution in [0.15, 0.2) is 34.9 Å². The zero-order chi connectivity index (χ0) is 18.5. The molecular weight excluding hydrogens is 375 g/mol. The Hall–Kier alpha value is -1.69. The maximum absolute atomic E-state index is 12.6. The summed E-state index contributed by atoms with van der Waals surface area (Å²) >= 11 is 12.4. The zero-order valence-corrected chi connectivity index (χ0v) is 16.1. The van der Waals surface area contributed by atoms with Gasteiger partial charge in [-0.1, -0.05) is 23.2 Å². The van der Waals surface area contributed by atoms with Crippen LogP contribution in [0, 0.1) is 0 Å². The van der Waals surface area contributed by atoms with Crippen LogP contribution in [0.4, 0.5) is 0 Å². The Morgan fingerprint density at radius 2 is 2.00 bits per heavy atom. The first-order valence-corrected chi connectivity index (χ1v) is 9.53. The molecule has 0 radical (unpaired) electrons. The fourth-order valence-electron chi connectivity index (χ4n) is 3.21. The van der Waals surface area contributed by atoms with Gasteiger partial charge in [0.15, 0.2) is 5.75 Å². The summed E-state index contributed by atoms with van der Waals surface area (Å²) in [5.74, 6) is 1.03. The number of hydrogen-bond donors (Lipinski definition) is 1. The van der Waals surface area contributed by atoms with Crippen molar-refractivity contribution in [2.24, 2.45) is 0 Å². The number of nitrogens with zero attached hydrogens (tertiary/aromatic N) is 1. The topological polar surface area (TPSA) is 54.7 Å². The molecule has 1 fully saturated rings. The third-order valence-corrected chi connectivity index (χ3v) is 5.02. The van der Waals surface area contributed by atoms with Crippen LogP contribution in [0.3, 0.4) is 0 Å². The third kappa shape index (κ3) is 4.34. The molecule has 1 N–H and O–H groups in total. The molecule has 0 saturated carbocycles. The van der Waals surface area contributed by atoms with E-state index in [9.17, 15) is 4.79 Å². The first kappa shape index (κ1) is 19.1. The molecule has 0 spiro atoms. The molecule has 140 valence electrons. The highest BCUT2D eigenvalue weighted by molar-refractivity contribution is 6.37. The molecule has 0 aliphatic carbocycles. The Morgan fingerprint density at radius 3 is 2.58 bits per heavy atom. The predicted octanol–water partition coefficient (Wildman–Crippen LogP) is 4.55. The monoisotopic (exact) mass is 396 g/mol. The van der Waals surface area contributed by atoms with Gasteiger partial charge in [0, 0.05) is 12.1 Å². The molecule has 1 saturated heterocycles. The van der Waals surface area contributed by atoms with Crippen molar-refractivity contribution in [3.05, 3.63) is 51.9 Å². The van der Waals surface area contributed by atoms with Gasteiger partial charge in [-0.15, -0.1) is 0 Å². The summed E-state index contributed by atoms with van der Waals surface area (Å²) in [5, 5.41) is 3.62. The van der Waals surface area contributed by atoms with Crippen LogP contribution < -0.4 is 10.1 Å². The van der Waals surface area contributed by atoms with E-state index in [-0.39, 0.29) is 11.9 Å². The average molecular weight is 397 g/mol.